The van der Waals surface area contributed by atoms with Gasteiger partial charge in [0.2, 0.25) is 0 Å². The Morgan fingerprint density at radius 1 is 0.500 bits per heavy atom. The third-order valence-corrected chi connectivity index (χ3v) is 12.4. The van der Waals surface area contributed by atoms with Gasteiger partial charge in [0.1, 0.15) is 0 Å². The van der Waals surface area contributed by atoms with E-state index in [1.807, 2.05) is 0 Å². The molecule has 0 spiro atoms. The second-order valence-electron chi connectivity index (χ2n) is 16.1. The summed E-state index contributed by atoms with van der Waals surface area (Å²) in [4.78, 5) is 2.45. The largest absolute Gasteiger partial charge is 0.310 e. The van der Waals surface area contributed by atoms with E-state index in [9.17, 15) is 0 Å². The van der Waals surface area contributed by atoms with Crippen molar-refractivity contribution in [3.05, 3.63) is 186 Å². The average Bonchev–Trinajstić information content (AvgIpc) is 3.56. The van der Waals surface area contributed by atoms with Crippen LogP contribution in [0.15, 0.2) is 152 Å². The number of nitrogens with zero attached hydrogens (tertiary/aromatic N) is 1. The monoisotopic (exact) mass is 693 g/mol. The van der Waals surface area contributed by atoms with Crippen LogP contribution in [0.2, 0.25) is 0 Å². The molecule has 0 amide bonds. The fourth-order valence-electron chi connectivity index (χ4n) is 9.99. The lowest BCUT2D eigenvalue weighted by Crippen LogP contribution is -2.18. The first kappa shape index (κ1) is 32.5. The van der Waals surface area contributed by atoms with Gasteiger partial charge in [-0.1, -0.05) is 150 Å². The maximum atomic E-state index is 4.46. The first-order chi connectivity index (χ1) is 26.2. The lowest BCUT2D eigenvalue weighted by atomic mass is 9.79. The van der Waals surface area contributed by atoms with Crippen molar-refractivity contribution in [1.29, 1.82) is 0 Å². The zero-order valence-corrected chi connectivity index (χ0v) is 31.7. The summed E-state index contributed by atoms with van der Waals surface area (Å²) in [6.45, 7) is 16.2. The number of rotatable bonds is 5. The molecule has 54 heavy (non-hydrogen) atoms. The van der Waals surface area contributed by atoms with E-state index in [4.69, 9.17) is 0 Å². The van der Waals surface area contributed by atoms with Gasteiger partial charge in [0.15, 0.2) is 0 Å². The third-order valence-electron chi connectivity index (χ3n) is 12.4. The summed E-state index contributed by atoms with van der Waals surface area (Å²) in [5.74, 6) is 0. The molecule has 8 aromatic rings. The van der Waals surface area contributed by atoms with E-state index in [2.05, 4.69) is 204 Å². The zero-order chi connectivity index (χ0) is 36.9. The molecule has 2 aliphatic rings. The Balaban J connectivity index is 1.21. The highest BCUT2D eigenvalue weighted by atomic mass is 15.1. The second kappa shape index (κ2) is 11.7. The molecule has 0 radical (unpaired) electrons. The maximum absolute atomic E-state index is 4.46. The Kier molecular flexibility index (Phi) is 7.01. The second-order valence-corrected chi connectivity index (χ2v) is 16.1. The van der Waals surface area contributed by atoms with Crippen LogP contribution < -0.4 is 4.90 Å². The van der Waals surface area contributed by atoms with Gasteiger partial charge in [-0.25, -0.2) is 0 Å². The molecular formula is C53H43N. The molecular weight excluding hydrogens is 651 g/mol. The van der Waals surface area contributed by atoms with Crippen LogP contribution in [0.4, 0.5) is 17.1 Å². The van der Waals surface area contributed by atoms with E-state index in [1.165, 1.54) is 82.4 Å². The van der Waals surface area contributed by atoms with Crippen LogP contribution in [0.5, 0.6) is 0 Å². The van der Waals surface area contributed by atoms with Crippen LogP contribution in [-0.4, -0.2) is 0 Å². The van der Waals surface area contributed by atoms with Crippen molar-refractivity contribution in [3.63, 3.8) is 0 Å². The van der Waals surface area contributed by atoms with Gasteiger partial charge in [0, 0.05) is 27.8 Å². The normalized spacial score (nSPS) is 14.7. The van der Waals surface area contributed by atoms with Crippen molar-refractivity contribution in [1.82, 2.24) is 0 Å². The highest BCUT2D eigenvalue weighted by molar-refractivity contribution is 6.04. The van der Waals surface area contributed by atoms with Gasteiger partial charge >= 0.3 is 0 Å². The van der Waals surface area contributed by atoms with E-state index >= 15 is 0 Å². The maximum Gasteiger partial charge on any atom is 0.0543 e. The van der Waals surface area contributed by atoms with E-state index in [-0.39, 0.29) is 10.8 Å². The average molecular weight is 694 g/mol. The topological polar surface area (TPSA) is 3.24 Å². The number of allylic oxidation sites excluding steroid dienone is 1. The molecule has 0 aromatic heterocycles. The van der Waals surface area contributed by atoms with Crippen LogP contribution in [0, 0.1) is 0 Å². The lowest BCUT2D eigenvalue weighted by Gasteiger charge is -2.31. The Hall–Kier alpha value is -6.18. The first-order valence-corrected chi connectivity index (χ1v) is 19.2. The summed E-state index contributed by atoms with van der Waals surface area (Å²) in [7, 11) is 0. The fraction of sp³-hybridized carbons (Fsp3) is 0.132. The van der Waals surface area contributed by atoms with Crippen molar-refractivity contribution in [2.45, 2.75) is 45.4 Å². The third kappa shape index (κ3) is 4.45. The van der Waals surface area contributed by atoms with Gasteiger partial charge < -0.3 is 4.90 Å². The van der Waals surface area contributed by atoms with Crippen LogP contribution in [0.3, 0.4) is 0 Å². The van der Waals surface area contributed by atoms with Crippen LogP contribution in [0.25, 0.3) is 66.7 Å². The van der Waals surface area contributed by atoms with Gasteiger partial charge in [-0.2, -0.15) is 0 Å². The summed E-state index contributed by atoms with van der Waals surface area (Å²) < 4.78 is 0. The van der Waals surface area contributed by atoms with Crippen molar-refractivity contribution in [2.75, 3.05) is 4.90 Å². The smallest absolute Gasteiger partial charge is 0.0543 e. The van der Waals surface area contributed by atoms with Gasteiger partial charge in [-0.15, -0.1) is 0 Å². The predicted molar refractivity (Wildman–Crippen MR) is 234 cm³/mol. The molecule has 8 aromatic carbocycles. The van der Waals surface area contributed by atoms with Crippen molar-refractivity contribution < 1.29 is 0 Å². The van der Waals surface area contributed by atoms with Gasteiger partial charge in [0.25, 0.3) is 0 Å². The number of anilines is 3. The number of benzene rings is 8. The minimum Gasteiger partial charge on any atom is -0.310 e. The van der Waals surface area contributed by atoms with Gasteiger partial charge in [-0.3, -0.25) is 0 Å². The SMILES string of the molecule is C=Cc1c(N(c2ccccc2)c2ccc3cc4c(cc3c2)C(C)(C)c2c-4ccc3ccccc23)cc2c(c1/C=C\C)-c1ccc3ccccc3c1C2(C)C. The van der Waals surface area contributed by atoms with Crippen molar-refractivity contribution in [2.24, 2.45) is 0 Å². The summed E-state index contributed by atoms with van der Waals surface area (Å²) in [6.07, 6.45) is 6.52. The summed E-state index contributed by atoms with van der Waals surface area (Å²) in [6, 6.07) is 52.0. The molecule has 10 rings (SSSR count). The molecule has 260 valence electrons. The molecule has 2 aliphatic carbocycles. The Bertz CT molecular complexity index is 2900. The molecule has 1 nitrogen and oxygen atoms in total. The number of para-hydroxylation sites is 1. The minimum absolute atomic E-state index is 0.128. The van der Waals surface area contributed by atoms with E-state index in [0.717, 1.165) is 22.6 Å². The van der Waals surface area contributed by atoms with Crippen molar-refractivity contribution >= 4 is 61.5 Å². The molecule has 0 fully saturated rings. The molecule has 0 heterocycles. The van der Waals surface area contributed by atoms with E-state index in [1.54, 1.807) is 0 Å². The fourth-order valence-corrected chi connectivity index (χ4v) is 9.99. The van der Waals surface area contributed by atoms with E-state index < -0.39 is 0 Å². The van der Waals surface area contributed by atoms with Gasteiger partial charge in [0.05, 0.1) is 5.69 Å². The van der Waals surface area contributed by atoms with E-state index in [0.29, 0.717) is 0 Å². The molecule has 0 saturated heterocycles. The number of fused-ring (bicyclic) bond motifs is 11. The zero-order valence-electron chi connectivity index (χ0n) is 31.7. The molecule has 1 heteroatoms. The standard InChI is InChI=1S/C53H43N/c1-7-16-42-39(8-2)48(32-47-49(42)44-28-25-34-18-13-15-22-41(34)51(44)53(47,5)6)54(37-19-10-9-11-20-37)38-26-23-35-30-45-43-27-24-33-17-12-14-21-40(33)50(43)52(3,4)46(45)31-36(35)29-38/h7-32H,2H2,1,3-6H3/b16-7-. The van der Waals surface area contributed by atoms with Crippen LogP contribution in [-0.2, 0) is 10.8 Å². The Morgan fingerprint density at radius 2 is 1.11 bits per heavy atom. The summed E-state index contributed by atoms with van der Waals surface area (Å²) in [5, 5.41) is 7.74. The molecule has 0 bridgehead atoms. The highest BCUT2D eigenvalue weighted by Crippen LogP contribution is 2.57. The van der Waals surface area contributed by atoms with Crippen LogP contribution >= 0.6 is 0 Å². The summed E-state index contributed by atoms with van der Waals surface area (Å²) in [5.41, 5.74) is 16.3. The molecule has 0 saturated carbocycles. The molecule has 0 N–H and O–H groups in total. The number of hydrogen-bond acceptors (Lipinski definition) is 1. The lowest BCUT2D eigenvalue weighted by molar-refractivity contribution is 0.666. The first-order valence-electron chi connectivity index (χ1n) is 19.2. The van der Waals surface area contributed by atoms with Gasteiger partial charge in [-0.05, 0) is 132 Å². The Morgan fingerprint density at radius 3 is 1.80 bits per heavy atom. The van der Waals surface area contributed by atoms with Crippen molar-refractivity contribution in [3.8, 4) is 22.3 Å². The number of hydrogen-bond donors (Lipinski definition) is 0. The Labute approximate surface area is 318 Å². The summed E-state index contributed by atoms with van der Waals surface area (Å²) >= 11 is 0. The molecule has 0 aliphatic heterocycles. The predicted octanol–water partition coefficient (Wildman–Crippen LogP) is 14.9. The minimum atomic E-state index is -0.215. The molecule has 0 atom stereocenters. The molecule has 0 unspecified atom stereocenters. The highest BCUT2D eigenvalue weighted by Gasteiger charge is 2.40. The quantitative estimate of drug-likeness (QED) is 0.173. The van der Waals surface area contributed by atoms with Crippen LogP contribution in [0.1, 0.15) is 68.0 Å².